The fourth-order valence-electron chi connectivity index (χ4n) is 2.70. The van der Waals surface area contributed by atoms with Gasteiger partial charge < -0.3 is 10.2 Å². The van der Waals surface area contributed by atoms with Gasteiger partial charge in [0.15, 0.2) is 0 Å². The number of nitrogens with zero attached hydrogens (tertiary/aromatic N) is 2. The highest BCUT2D eigenvalue weighted by atomic mass is 16.1. The molecule has 0 aliphatic carbocycles. The number of rotatable bonds is 3. The maximum atomic E-state index is 12.2. The third kappa shape index (κ3) is 3.40. The van der Waals surface area contributed by atoms with E-state index in [4.69, 9.17) is 0 Å². The molecule has 0 spiro atoms. The van der Waals surface area contributed by atoms with Crippen molar-refractivity contribution >= 4 is 11.7 Å². The third-order valence-electron chi connectivity index (χ3n) is 3.77. The molecule has 4 heteroatoms. The Balaban J connectivity index is 1.63. The number of hydrogen-bond donors (Lipinski definition) is 1. The van der Waals surface area contributed by atoms with Crippen molar-refractivity contribution < 1.29 is 4.79 Å². The fourth-order valence-corrected chi connectivity index (χ4v) is 2.70. The summed E-state index contributed by atoms with van der Waals surface area (Å²) in [6, 6.07) is 15.5. The zero-order valence-corrected chi connectivity index (χ0v) is 11.9. The number of amides is 1. The monoisotopic (exact) mass is 281 g/mol. The van der Waals surface area contributed by atoms with Gasteiger partial charge in [-0.3, -0.25) is 4.79 Å². The molecule has 0 unspecified atom stereocenters. The van der Waals surface area contributed by atoms with Gasteiger partial charge in [-0.15, -0.1) is 0 Å². The highest BCUT2D eigenvalue weighted by Gasteiger charge is 2.22. The second kappa shape index (κ2) is 6.39. The molecule has 1 aromatic heterocycles. The van der Waals surface area contributed by atoms with Crippen molar-refractivity contribution in [2.75, 3.05) is 18.0 Å². The zero-order chi connectivity index (χ0) is 14.5. The van der Waals surface area contributed by atoms with Gasteiger partial charge in [0.25, 0.3) is 5.91 Å². The number of carbonyl (C=O) groups excluding carboxylic acids is 1. The molecule has 4 nitrogen and oxygen atoms in total. The summed E-state index contributed by atoms with van der Waals surface area (Å²) in [5.41, 5.74) is 0.715. The maximum absolute atomic E-state index is 12.2. The molecule has 1 N–H and O–H groups in total. The molecule has 0 radical (unpaired) electrons. The Kier molecular flexibility index (Phi) is 4.15. The lowest BCUT2D eigenvalue weighted by Crippen LogP contribution is -2.48. The van der Waals surface area contributed by atoms with E-state index >= 15 is 0 Å². The fraction of sp³-hybridized carbons (Fsp3) is 0.294. The van der Waals surface area contributed by atoms with Gasteiger partial charge in [0.2, 0.25) is 0 Å². The lowest BCUT2D eigenvalue weighted by atomic mass is 10.0. The van der Waals surface area contributed by atoms with Crippen LogP contribution in [-0.2, 0) is 0 Å². The molecule has 0 bridgehead atoms. The average Bonchev–Trinajstić information content (AvgIpc) is 2.57. The van der Waals surface area contributed by atoms with E-state index in [0.29, 0.717) is 5.56 Å². The van der Waals surface area contributed by atoms with E-state index in [2.05, 4.69) is 15.2 Å². The number of aromatic nitrogens is 1. The van der Waals surface area contributed by atoms with Crippen molar-refractivity contribution in [3.8, 4) is 0 Å². The first-order valence-corrected chi connectivity index (χ1v) is 7.35. The van der Waals surface area contributed by atoms with Gasteiger partial charge in [0.05, 0.1) is 0 Å². The number of pyridine rings is 1. The molecule has 108 valence electrons. The van der Waals surface area contributed by atoms with Crippen LogP contribution in [0.1, 0.15) is 23.2 Å². The summed E-state index contributed by atoms with van der Waals surface area (Å²) in [4.78, 5) is 18.8. The molecule has 1 fully saturated rings. The molecule has 2 heterocycles. The van der Waals surface area contributed by atoms with Crippen LogP contribution in [0.25, 0.3) is 0 Å². The van der Waals surface area contributed by atoms with Crippen molar-refractivity contribution in [3.63, 3.8) is 0 Å². The Morgan fingerprint density at radius 1 is 1.14 bits per heavy atom. The molecule has 1 saturated heterocycles. The Labute approximate surface area is 124 Å². The molecule has 1 amide bonds. The van der Waals surface area contributed by atoms with Crippen LogP contribution < -0.4 is 10.2 Å². The summed E-state index contributed by atoms with van der Waals surface area (Å²) >= 11 is 0. The second-order valence-corrected chi connectivity index (χ2v) is 5.31. The lowest BCUT2D eigenvalue weighted by molar-refractivity contribution is 0.0933. The van der Waals surface area contributed by atoms with Gasteiger partial charge in [0.1, 0.15) is 5.82 Å². The molecule has 1 atom stereocenters. The number of benzene rings is 1. The number of piperidine rings is 1. The molecular weight excluding hydrogens is 262 g/mol. The first-order valence-electron chi connectivity index (χ1n) is 7.35. The van der Waals surface area contributed by atoms with E-state index in [1.165, 1.54) is 0 Å². The summed E-state index contributed by atoms with van der Waals surface area (Å²) < 4.78 is 0. The van der Waals surface area contributed by atoms with Gasteiger partial charge in [-0.2, -0.15) is 0 Å². The van der Waals surface area contributed by atoms with Gasteiger partial charge >= 0.3 is 0 Å². The standard InChI is InChI=1S/C17H19N3O/c21-17(14-7-2-1-3-8-14)19-15-9-6-12-20(13-15)16-10-4-5-11-18-16/h1-5,7-8,10-11,15H,6,9,12-13H2,(H,19,21)/t15-/m1/s1. The predicted molar refractivity (Wildman–Crippen MR) is 83.4 cm³/mol. The van der Waals surface area contributed by atoms with E-state index in [0.717, 1.165) is 31.7 Å². The van der Waals surface area contributed by atoms with Crippen LogP contribution >= 0.6 is 0 Å². The van der Waals surface area contributed by atoms with Crippen LogP contribution in [0.5, 0.6) is 0 Å². The van der Waals surface area contributed by atoms with Crippen LogP contribution in [0.15, 0.2) is 54.7 Å². The molecule has 2 aromatic rings. The molecule has 21 heavy (non-hydrogen) atoms. The SMILES string of the molecule is O=C(N[C@@H]1CCCN(c2ccccn2)C1)c1ccccc1. The van der Waals surface area contributed by atoms with E-state index in [9.17, 15) is 4.79 Å². The lowest BCUT2D eigenvalue weighted by Gasteiger charge is -2.34. The summed E-state index contributed by atoms with van der Waals surface area (Å²) in [6.45, 7) is 1.81. The molecule has 1 aliphatic heterocycles. The van der Waals surface area contributed by atoms with E-state index in [-0.39, 0.29) is 11.9 Å². The first-order chi connectivity index (χ1) is 10.3. The molecule has 3 rings (SSSR count). The minimum absolute atomic E-state index is 0.00321. The highest BCUT2D eigenvalue weighted by Crippen LogP contribution is 2.17. The molecular formula is C17H19N3O. The Hall–Kier alpha value is -2.36. The quantitative estimate of drug-likeness (QED) is 0.940. The molecule has 0 saturated carbocycles. The van der Waals surface area contributed by atoms with Crippen LogP contribution in [0.2, 0.25) is 0 Å². The molecule has 1 aliphatic rings. The summed E-state index contributed by atoms with van der Waals surface area (Å²) in [6.07, 6.45) is 3.89. The van der Waals surface area contributed by atoms with Gasteiger partial charge in [0, 0.05) is 30.9 Å². The number of carbonyl (C=O) groups is 1. The van der Waals surface area contributed by atoms with Crippen molar-refractivity contribution in [3.05, 3.63) is 60.3 Å². The zero-order valence-electron chi connectivity index (χ0n) is 11.9. The second-order valence-electron chi connectivity index (χ2n) is 5.31. The number of hydrogen-bond acceptors (Lipinski definition) is 3. The van der Waals surface area contributed by atoms with Crippen LogP contribution in [0.4, 0.5) is 5.82 Å². The Bertz CT molecular complexity index is 585. The van der Waals surface area contributed by atoms with Gasteiger partial charge in [-0.05, 0) is 37.1 Å². The van der Waals surface area contributed by atoms with Crippen molar-refractivity contribution in [2.45, 2.75) is 18.9 Å². The van der Waals surface area contributed by atoms with Crippen LogP contribution in [-0.4, -0.2) is 30.0 Å². The third-order valence-corrected chi connectivity index (χ3v) is 3.77. The Morgan fingerprint density at radius 2 is 1.95 bits per heavy atom. The van der Waals surface area contributed by atoms with E-state index in [1.807, 2.05) is 54.7 Å². The predicted octanol–water partition coefficient (Wildman–Crippen LogP) is 2.48. The number of nitrogens with one attached hydrogen (secondary N) is 1. The van der Waals surface area contributed by atoms with Crippen molar-refractivity contribution in [2.24, 2.45) is 0 Å². The largest absolute Gasteiger partial charge is 0.355 e. The smallest absolute Gasteiger partial charge is 0.251 e. The topological polar surface area (TPSA) is 45.2 Å². The van der Waals surface area contributed by atoms with Gasteiger partial charge in [-0.1, -0.05) is 24.3 Å². The average molecular weight is 281 g/mol. The molecule has 1 aromatic carbocycles. The van der Waals surface area contributed by atoms with E-state index < -0.39 is 0 Å². The maximum Gasteiger partial charge on any atom is 0.251 e. The Morgan fingerprint density at radius 3 is 2.71 bits per heavy atom. The minimum Gasteiger partial charge on any atom is -0.355 e. The minimum atomic E-state index is 0.00321. The highest BCUT2D eigenvalue weighted by molar-refractivity contribution is 5.94. The summed E-state index contributed by atoms with van der Waals surface area (Å²) in [5.74, 6) is 0.986. The summed E-state index contributed by atoms with van der Waals surface area (Å²) in [5, 5.41) is 3.13. The van der Waals surface area contributed by atoms with Crippen molar-refractivity contribution in [1.29, 1.82) is 0 Å². The number of anilines is 1. The van der Waals surface area contributed by atoms with Crippen LogP contribution in [0.3, 0.4) is 0 Å². The van der Waals surface area contributed by atoms with Gasteiger partial charge in [-0.25, -0.2) is 4.98 Å². The van der Waals surface area contributed by atoms with Crippen molar-refractivity contribution in [1.82, 2.24) is 10.3 Å². The van der Waals surface area contributed by atoms with Crippen LogP contribution in [0, 0.1) is 0 Å². The van der Waals surface area contributed by atoms with E-state index in [1.54, 1.807) is 0 Å². The first kappa shape index (κ1) is 13.6. The normalized spacial score (nSPS) is 18.3. The summed E-state index contributed by atoms with van der Waals surface area (Å²) in [7, 11) is 0.